The van der Waals surface area contributed by atoms with E-state index in [1.165, 1.54) is 32.4 Å². The molecule has 0 spiro atoms. The number of nitro groups is 1. The molecule has 11 heteroatoms. The van der Waals surface area contributed by atoms with Gasteiger partial charge in [-0.1, -0.05) is 0 Å². The molecule has 0 aliphatic heterocycles. The molecule has 0 aromatic heterocycles. The van der Waals surface area contributed by atoms with E-state index < -0.39 is 30.0 Å². The van der Waals surface area contributed by atoms with Gasteiger partial charge in [0.2, 0.25) is 5.75 Å². The number of benzene rings is 1. The number of rotatable bonds is 11. The SMILES string of the molecule is COC(=O)CCCNC(=O)COC(=O)COc1ccc([N+](=O)[O-])c(OC)c1. The lowest BCUT2D eigenvalue weighted by Crippen LogP contribution is -2.30. The molecule has 1 rings (SSSR count). The minimum absolute atomic E-state index is 0.0165. The van der Waals surface area contributed by atoms with Gasteiger partial charge < -0.3 is 24.3 Å². The van der Waals surface area contributed by atoms with Crippen molar-refractivity contribution in [3.8, 4) is 11.5 Å². The number of hydrogen-bond donors (Lipinski definition) is 1. The number of hydrogen-bond acceptors (Lipinski definition) is 9. The van der Waals surface area contributed by atoms with Crippen LogP contribution in [0.5, 0.6) is 11.5 Å². The highest BCUT2D eigenvalue weighted by Crippen LogP contribution is 2.30. The second-order valence-corrected chi connectivity index (χ2v) is 5.07. The molecule has 0 bridgehead atoms. The fourth-order valence-corrected chi connectivity index (χ4v) is 1.84. The van der Waals surface area contributed by atoms with Gasteiger partial charge in [-0.2, -0.15) is 0 Å². The van der Waals surface area contributed by atoms with Crippen LogP contribution in [0.2, 0.25) is 0 Å². The second-order valence-electron chi connectivity index (χ2n) is 5.07. The summed E-state index contributed by atoms with van der Waals surface area (Å²) in [6, 6.07) is 3.75. The van der Waals surface area contributed by atoms with Crippen molar-refractivity contribution in [2.45, 2.75) is 12.8 Å². The van der Waals surface area contributed by atoms with Crippen LogP contribution in [0.15, 0.2) is 18.2 Å². The Balaban J connectivity index is 2.32. The summed E-state index contributed by atoms with van der Waals surface area (Å²) in [6.07, 6.45) is 0.570. The van der Waals surface area contributed by atoms with Gasteiger partial charge in [0.15, 0.2) is 13.2 Å². The lowest BCUT2D eigenvalue weighted by molar-refractivity contribution is -0.385. The number of nitrogens with one attached hydrogen (secondary N) is 1. The normalized spacial score (nSPS) is 9.85. The first-order valence-electron chi connectivity index (χ1n) is 7.81. The fourth-order valence-electron chi connectivity index (χ4n) is 1.84. The fraction of sp³-hybridized carbons (Fsp3) is 0.438. The summed E-state index contributed by atoms with van der Waals surface area (Å²) in [5, 5.41) is 13.3. The Morgan fingerprint density at radius 2 is 1.89 bits per heavy atom. The van der Waals surface area contributed by atoms with Gasteiger partial charge in [-0.25, -0.2) is 4.79 Å². The van der Waals surface area contributed by atoms with E-state index in [1.807, 2.05) is 0 Å². The van der Waals surface area contributed by atoms with E-state index in [-0.39, 0.29) is 36.1 Å². The molecule has 1 amide bonds. The topological polar surface area (TPSA) is 143 Å². The van der Waals surface area contributed by atoms with E-state index in [2.05, 4.69) is 10.1 Å². The summed E-state index contributed by atoms with van der Waals surface area (Å²) in [7, 11) is 2.54. The van der Waals surface area contributed by atoms with Gasteiger partial charge in [0.1, 0.15) is 5.75 Å². The van der Waals surface area contributed by atoms with Crippen LogP contribution in [-0.2, 0) is 23.9 Å². The number of nitrogens with zero attached hydrogens (tertiary/aromatic N) is 1. The Labute approximate surface area is 154 Å². The van der Waals surface area contributed by atoms with Crippen molar-refractivity contribution in [3.63, 3.8) is 0 Å². The molecule has 148 valence electrons. The van der Waals surface area contributed by atoms with E-state index in [9.17, 15) is 24.5 Å². The van der Waals surface area contributed by atoms with E-state index >= 15 is 0 Å². The molecule has 0 aliphatic carbocycles. The van der Waals surface area contributed by atoms with Crippen molar-refractivity contribution >= 4 is 23.5 Å². The Morgan fingerprint density at radius 3 is 2.52 bits per heavy atom. The zero-order valence-corrected chi connectivity index (χ0v) is 14.9. The Kier molecular flexibility index (Phi) is 9.06. The number of ether oxygens (including phenoxy) is 4. The molecule has 0 heterocycles. The van der Waals surface area contributed by atoms with Crippen molar-refractivity contribution < 1.29 is 38.3 Å². The molecule has 27 heavy (non-hydrogen) atoms. The van der Waals surface area contributed by atoms with E-state index in [1.54, 1.807) is 0 Å². The summed E-state index contributed by atoms with van der Waals surface area (Å²) >= 11 is 0. The maximum Gasteiger partial charge on any atom is 0.344 e. The number of esters is 2. The molecule has 0 aliphatic rings. The van der Waals surface area contributed by atoms with E-state index in [0.29, 0.717) is 6.42 Å². The highest BCUT2D eigenvalue weighted by Gasteiger charge is 2.16. The smallest absolute Gasteiger partial charge is 0.344 e. The van der Waals surface area contributed by atoms with Crippen LogP contribution in [0.3, 0.4) is 0 Å². The quantitative estimate of drug-likeness (QED) is 0.251. The minimum atomic E-state index is -0.794. The molecule has 0 saturated carbocycles. The molecular formula is C16H20N2O9. The Hall–Kier alpha value is -3.37. The molecule has 0 fully saturated rings. The minimum Gasteiger partial charge on any atom is -0.490 e. The summed E-state index contributed by atoms with van der Waals surface area (Å²) in [5.74, 6) is -1.54. The molecule has 0 radical (unpaired) electrons. The second kappa shape index (κ2) is 11.3. The number of carbonyl (C=O) groups is 3. The van der Waals surface area contributed by atoms with E-state index in [0.717, 1.165) is 0 Å². The summed E-state index contributed by atoms with van der Waals surface area (Å²) in [6.45, 7) is -0.745. The molecule has 11 nitrogen and oxygen atoms in total. The lowest BCUT2D eigenvalue weighted by Gasteiger charge is -2.09. The van der Waals surface area contributed by atoms with Gasteiger partial charge in [0.05, 0.1) is 19.1 Å². The maximum absolute atomic E-state index is 11.6. The van der Waals surface area contributed by atoms with Crippen LogP contribution in [0.1, 0.15) is 12.8 Å². The van der Waals surface area contributed by atoms with Crippen molar-refractivity contribution in [2.75, 3.05) is 34.0 Å². The van der Waals surface area contributed by atoms with E-state index in [4.69, 9.17) is 14.2 Å². The largest absolute Gasteiger partial charge is 0.490 e. The van der Waals surface area contributed by atoms with Crippen LogP contribution in [0, 0.1) is 10.1 Å². The van der Waals surface area contributed by atoms with Crippen molar-refractivity contribution in [2.24, 2.45) is 0 Å². The molecule has 1 aromatic rings. The van der Waals surface area contributed by atoms with Gasteiger partial charge in [0.25, 0.3) is 5.91 Å². The van der Waals surface area contributed by atoms with Gasteiger partial charge >= 0.3 is 17.6 Å². The summed E-state index contributed by atoms with van der Waals surface area (Å²) in [5.41, 5.74) is -0.240. The average molecular weight is 384 g/mol. The Bertz CT molecular complexity index is 690. The summed E-state index contributed by atoms with van der Waals surface area (Å²) < 4.78 is 19.2. The van der Waals surface area contributed by atoms with Crippen LogP contribution in [0.25, 0.3) is 0 Å². The first kappa shape index (κ1) is 21.7. The summed E-state index contributed by atoms with van der Waals surface area (Å²) in [4.78, 5) is 44.2. The molecule has 0 saturated heterocycles. The predicted molar refractivity (Wildman–Crippen MR) is 90.4 cm³/mol. The van der Waals surface area contributed by atoms with Gasteiger partial charge in [0, 0.05) is 25.1 Å². The van der Waals surface area contributed by atoms with Gasteiger partial charge in [-0.05, 0) is 12.5 Å². The third-order valence-corrected chi connectivity index (χ3v) is 3.18. The third-order valence-electron chi connectivity index (χ3n) is 3.18. The third kappa shape index (κ3) is 8.03. The van der Waals surface area contributed by atoms with Crippen molar-refractivity contribution in [1.82, 2.24) is 5.32 Å². The highest BCUT2D eigenvalue weighted by atomic mass is 16.6. The van der Waals surface area contributed by atoms with Crippen LogP contribution >= 0.6 is 0 Å². The standard InChI is InChI=1S/C16H20N2O9/c1-24-13-8-11(5-6-12(13)18(22)23)26-10-16(21)27-9-14(19)17-7-3-4-15(20)25-2/h5-6,8H,3-4,7,9-10H2,1-2H3,(H,17,19). The van der Waals surface area contributed by atoms with Crippen molar-refractivity contribution in [3.05, 3.63) is 28.3 Å². The molecule has 1 aromatic carbocycles. The molecular weight excluding hydrogens is 364 g/mol. The van der Waals surface area contributed by atoms with Gasteiger partial charge in [-0.15, -0.1) is 0 Å². The predicted octanol–water partition coefficient (Wildman–Crippen LogP) is 0.595. The highest BCUT2D eigenvalue weighted by molar-refractivity contribution is 5.81. The van der Waals surface area contributed by atoms with Crippen LogP contribution in [-0.4, -0.2) is 56.7 Å². The molecule has 0 atom stereocenters. The zero-order valence-electron chi connectivity index (χ0n) is 14.9. The number of carbonyl (C=O) groups excluding carboxylic acids is 3. The average Bonchev–Trinajstić information content (AvgIpc) is 2.67. The monoisotopic (exact) mass is 384 g/mol. The lowest BCUT2D eigenvalue weighted by atomic mass is 10.3. The first-order chi connectivity index (χ1) is 12.9. The maximum atomic E-state index is 11.6. The van der Waals surface area contributed by atoms with Crippen LogP contribution < -0.4 is 14.8 Å². The van der Waals surface area contributed by atoms with Crippen LogP contribution in [0.4, 0.5) is 5.69 Å². The number of amides is 1. The van der Waals surface area contributed by atoms with Crippen molar-refractivity contribution in [1.29, 1.82) is 0 Å². The number of methoxy groups -OCH3 is 2. The molecule has 1 N–H and O–H groups in total. The first-order valence-corrected chi connectivity index (χ1v) is 7.81. The Morgan fingerprint density at radius 1 is 1.15 bits per heavy atom. The number of nitro benzene ring substituents is 1. The van der Waals surface area contributed by atoms with Gasteiger partial charge in [-0.3, -0.25) is 19.7 Å². The molecule has 0 unspecified atom stereocenters. The zero-order chi connectivity index (χ0) is 20.2.